The zero-order valence-electron chi connectivity index (χ0n) is 18.8. The SMILES string of the molecule is CC(C)(C)OC(=O)N(Br)CCc1c(Nc2ccc(Cl)c(Cl)c2)ccc2c1[nH]c1ccc(Cl)cc12. The van der Waals surface area contributed by atoms with Gasteiger partial charge in [0.15, 0.2) is 0 Å². The Balaban J connectivity index is 1.73. The molecule has 1 heterocycles. The maximum Gasteiger partial charge on any atom is 0.420 e. The molecule has 0 unspecified atom stereocenters. The second kappa shape index (κ2) is 9.86. The van der Waals surface area contributed by atoms with Crippen molar-refractivity contribution in [2.45, 2.75) is 32.8 Å². The Morgan fingerprint density at radius 2 is 1.79 bits per heavy atom. The van der Waals surface area contributed by atoms with E-state index < -0.39 is 11.7 Å². The number of nitrogens with zero attached hydrogens (tertiary/aromatic N) is 1. The smallest absolute Gasteiger partial charge is 0.420 e. The Labute approximate surface area is 221 Å². The van der Waals surface area contributed by atoms with Crippen molar-refractivity contribution in [1.82, 2.24) is 8.91 Å². The maximum atomic E-state index is 12.5. The van der Waals surface area contributed by atoms with Crippen LogP contribution in [0, 0.1) is 0 Å². The van der Waals surface area contributed by atoms with Crippen molar-refractivity contribution in [3.8, 4) is 0 Å². The molecule has 9 heteroatoms. The molecule has 4 rings (SSSR count). The van der Waals surface area contributed by atoms with Gasteiger partial charge in [0, 0.05) is 44.8 Å². The second-order valence-corrected chi connectivity index (χ2v) is 11.0. The summed E-state index contributed by atoms with van der Waals surface area (Å²) in [5.41, 5.74) is 4.05. The van der Waals surface area contributed by atoms with E-state index in [0.29, 0.717) is 28.0 Å². The molecule has 1 amide bonds. The van der Waals surface area contributed by atoms with E-state index in [1.165, 1.54) is 3.93 Å². The summed E-state index contributed by atoms with van der Waals surface area (Å²) in [4.78, 5) is 16.0. The van der Waals surface area contributed by atoms with Gasteiger partial charge in [-0.1, -0.05) is 40.9 Å². The van der Waals surface area contributed by atoms with Gasteiger partial charge in [0.2, 0.25) is 0 Å². The number of hydrogen-bond acceptors (Lipinski definition) is 3. The first kappa shape index (κ1) is 25.0. The van der Waals surface area contributed by atoms with Gasteiger partial charge in [-0.05, 0) is 69.7 Å². The maximum absolute atomic E-state index is 12.5. The predicted octanol–water partition coefficient (Wildman–Crippen LogP) is 9.11. The largest absolute Gasteiger partial charge is 0.443 e. The minimum Gasteiger partial charge on any atom is -0.443 e. The van der Waals surface area contributed by atoms with Crippen LogP contribution in [-0.4, -0.2) is 27.1 Å². The van der Waals surface area contributed by atoms with E-state index >= 15 is 0 Å². The number of anilines is 2. The van der Waals surface area contributed by atoms with Crippen molar-refractivity contribution >= 4 is 90.2 Å². The van der Waals surface area contributed by atoms with Crippen molar-refractivity contribution in [3.05, 3.63) is 69.2 Å². The number of halogens is 4. The summed E-state index contributed by atoms with van der Waals surface area (Å²) >= 11 is 21.9. The molecule has 0 aliphatic carbocycles. The zero-order valence-corrected chi connectivity index (χ0v) is 22.7. The first-order valence-corrected chi connectivity index (χ1v) is 12.5. The molecule has 0 atom stereocenters. The normalized spacial score (nSPS) is 11.7. The topological polar surface area (TPSA) is 57.4 Å². The third kappa shape index (κ3) is 5.57. The van der Waals surface area contributed by atoms with Gasteiger partial charge in [0.25, 0.3) is 0 Å². The lowest BCUT2D eigenvalue weighted by atomic mass is 10.0. The number of carbonyl (C=O) groups excluding carboxylic acids is 1. The zero-order chi connectivity index (χ0) is 24.6. The van der Waals surface area contributed by atoms with E-state index in [4.69, 9.17) is 39.5 Å². The lowest BCUT2D eigenvalue weighted by Gasteiger charge is -2.23. The third-order valence-corrected chi connectivity index (χ3v) is 6.81. The molecule has 0 saturated heterocycles. The number of ether oxygens (including phenoxy) is 1. The molecular weight excluding hydrogens is 561 g/mol. The molecule has 0 aliphatic rings. The van der Waals surface area contributed by atoms with Crippen LogP contribution in [0.25, 0.3) is 21.8 Å². The van der Waals surface area contributed by atoms with Crippen molar-refractivity contribution in [2.75, 3.05) is 11.9 Å². The number of H-pyrrole nitrogens is 1. The molecule has 4 aromatic rings. The molecule has 34 heavy (non-hydrogen) atoms. The molecule has 3 aromatic carbocycles. The Hall–Kier alpha value is -2.12. The van der Waals surface area contributed by atoms with Gasteiger partial charge in [-0.15, -0.1) is 0 Å². The fourth-order valence-corrected chi connectivity index (χ4v) is 4.44. The predicted molar refractivity (Wildman–Crippen MR) is 146 cm³/mol. The van der Waals surface area contributed by atoms with E-state index in [0.717, 1.165) is 38.7 Å². The molecule has 0 radical (unpaired) electrons. The number of carbonyl (C=O) groups is 1. The van der Waals surface area contributed by atoms with Crippen LogP contribution in [0.15, 0.2) is 48.5 Å². The molecule has 0 fully saturated rings. The average molecular weight is 584 g/mol. The number of amides is 1. The monoisotopic (exact) mass is 581 g/mol. The molecule has 5 nitrogen and oxygen atoms in total. The molecule has 0 saturated carbocycles. The van der Waals surface area contributed by atoms with Crippen LogP contribution in [0.5, 0.6) is 0 Å². The first-order chi connectivity index (χ1) is 16.0. The number of aromatic nitrogens is 1. The van der Waals surface area contributed by atoms with E-state index in [1.54, 1.807) is 12.1 Å². The quantitative estimate of drug-likeness (QED) is 0.230. The fourth-order valence-electron chi connectivity index (χ4n) is 3.72. The molecule has 178 valence electrons. The highest BCUT2D eigenvalue weighted by atomic mass is 79.9. The van der Waals surface area contributed by atoms with Gasteiger partial charge in [0.05, 0.1) is 31.7 Å². The van der Waals surface area contributed by atoms with Crippen LogP contribution in [0.1, 0.15) is 26.3 Å². The number of fused-ring (bicyclic) bond motifs is 3. The van der Waals surface area contributed by atoms with Gasteiger partial charge >= 0.3 is 6.09 Å². The molecular formula is C25H23BrCl3N3O2. The van der Waals surface area contributed by atoms with E-state index in [9.17, 15) is 4.79 Å². The summed E-state index contributed by atoms with van der Waals surface area (Å²) in [5.74, 6) is 0. The number of aromatic amines is 1. The van der Waals surface area contributed by atoms with Gasteiger partial charge in [-0.3, -0.25) is 0 Å². The minimum atomic E-state index is -0.583. The molecule has 0 spiro atoms. The highest BCUT2D eigenvalue weighted by Gasteiger charge is 2.22. The Morgan fingerprint density at radius 1 is 1.03 bits per heavy atom. The summed E-state index contributed by atoms with van der Waals surface area (Å²) in [6, 6.07) is 15.2. The fraction of sp³-hybridized carbons (Fsp3) is 0.240. The van der Waals surface area contributed by atoms with Gasteiger partial charge in [0.1, 0.15) is 5.60 Å². The lowest BCUT2D eigenvalue weighted by molar-refractivity contribution is 0.0416. The van der Waals surface area contributed by atoms with Crippen LogP contribution in [0.4, 0.5) is 16.2 Å². The van der Waals surface area contributed by atoms with Crippen LogP contribution in [0.3, 0.4) is 0 Å². The first-order valence-electron chi connectivity index (χ1n) is 10.6. The summed E-state index contributed by atoms with van der Waals surface area (Å²) in [7, 11) is 0. The summed E-state index contributed by atoms with van der Waals surface area (Å²) in [6.45, 7) is 5.89. The molecule has 1 aromatic heterocycles. The minimum absolute atomic E-state index is 0.389. The molecule has 2 N–H and O–H groups in total. The number of hydrogen-bond donors (Lipinski definition) is 2. The molecule has 0 bridgehead atoms. The van der Waals surface area contributed by atoms with Crippen molar-refractivity contribution in [2.24, 2.45) is 0 Å². The summed E-state index contributed by atoms with van der Waals surface area (Å²) in [6.07, 6.45) is 0.105. The van der Waals surface area contributed by atoms with E-state index in [2.05, 4.69) is 26.4 Å². The van der Waals surface area contributed by atoms with E-state index in [-0.39, 0.29) is 0 Å². The molecule has 0 aliphatic heterocycles. The van der Waals surface area contributed by atoms with Crippen LogP contribution in [-0.2, 0) is 11.2 Å². The highest BCUT2D eigenvalue weighted by Crippen LogP contribution is 2.36. The highest BCUT2D eigenvalue weighted by molar-refractivity contribution is 9.07. The van der Waals surface area contributed by atoms with Crippen LogP contribution < -0.4 is 5.32 Å². The Kier molecular flexibility index (Phi) is 7.25. The van der Waals surface area contributed by atoms with Crippen LogP contribution in [0.2, 0.25) is 15.1 Å². The summed E-state index contributed by atoms with van der Waals surface area (Å²) in [5, 5.41) is 7.15. The summed E-state index contributed by atoms with van der Waals surface area (Å²) < 4.78 is 6.86. The van der Waals surface area contributed by atoms with Crippen molar-refractivity contribution in [1.29, 1.82) is 0 Å². The van der Waals surface area contributed by atoms with Crippen molar-refractivity contribution < 1.29 is 9.53 Å². The van der Waals surface area contributed by atoms with Gasteiger partial charge in [-0.25, -0.2) is 8.72 Å². The number of benzene rings is 3. The standard InChI is InChI=1S/C25H23BrCl3N3O2/c1-25(2,3)34-24(33)32(26)11-10-17-21(30-15-5-7-19(28)20(29)13-15)9-6-16-18-12-14(27)4-8-22(18)31-23(16)17/h4-9,12-13,30-31H,10-11H2,1-3H3. The Bertz CT molecular complexity index is 1380. The van der Waals surface area contributed by atoms with Crippen LogP contribution >= 0.6 is 51.0 Å². The van der Waals surface area contributed by atoms with Gasteiger partial charge in [-0.2, -0.15) is 0 Å². The number of rotatable bonds is 5. The Morgan fingerprint density at radius 3 is 2.50 bits per heavy atom. The van der Waals surface area contributed by atoms with Crippen molar-refractivity contribution in [3.63, 3.8) is 0 Å². The van der Waals surface area contributed by atoms with Gasteiger partial charge < -0.3 is 15.0 Å². The third-order valence-electron chi connectivity index (χ3n) is 5.19. The average Bonchev–Trinajstić information content (AvgIpc) is 3.12. The lowest BCUT2D eigenvalue weighted by Crippen LogP contribution is -2.32. The second-order valence-electron chi connectivity index (χ2n) is 8.90. The van der Waals surface area contributed by atoms with E-state index in [1.807, 2.05) is 57.2 Å². The number of nitrogens with one attached hydrogen (secondary N) is 2.